The van der Waals surface area contributed by atoms with Crippen LogP contribution >= 0.6 is 11.6 Å². The summed E-state index contributed by atoms with van der Waals surface area (Å²) in [6, 6.07) is 7.56. The zero-order valence-electron chi connectivity index (χ0n) is 19.2. The minimum atomic E-state index is -0.269. The van der Waals surface area contributed by atoms with Crippen molar-refractivity contribution < 1.29 is 14.3 Å². The summed E-state index contributed by atoms with van der Waals surface area (Å²) in [5.74, 6) is 1.36. The number of anilines is 2. The predicted molar refractivity (Wildman–Crippen MR) is 130 cm³/mol. The Morgan fingerprint density at radius 2 is 2.18 bits per heavy atom. The topological polar surface area (TPSA) is 97.4 Å². The Morgan fingerprint density at radius 3 is 3.03 bits per heavy atom. The van der Waals surface area contributed by atoms with Gasteiger partial charge in [0, 0.05) is 38.0 Å². The van der Waals surface area contributed by atoms with E-state index in [2.05, 4.69) is 34.8 Å². The van der Waals surface area contributed by atoms with Gasteiger partial charge in [-0.1, -0.05) is 17.7 Å². The van der Waals surface area contributed by atoms with Gasteiger partial charge in [-0.2, -0.15) is 0 Å². The van der Waals surface area contributed by atoms with Crippen LogP contribution in [0.1, 0.15) is 26.7 Å². The Bertz CT molecular complexity index is 963. The van der Waals surface area contributed by atoms with E-state index in [1.165, 1.54) is 0 Å². The molecule has 0 radical (unpaired) electrons. The number of nitrogens with one attached hydrogen (secondary N) is 3. The Labute approximate surface area is 199 Å². The highest BCUT2D eigenvalue weighted by Crippen LogP contribution is 2.30. The molecule has 2 fully saturated rings. The number of nitrogens with zero attached hydrogens (tertiary/aromatic N) is 2. The summed E-state index contributed by atoms with van der Waals surface area (Å²) in [6.45, 7) is 8.22. The van der Waals surface area contributed by atoms with Crippen molar-refractivity contribution in [1.82, 2.24) is 15.3 Å². The van der Waals surface area contributed by atoms with Crippen LogP contribution in [-0.2, 0) is 14.3 Å². The first-order chi connectivity index (χ1) is 15.9. The molecule has 178 valence electrons. The lowest BCUT2D eigenvalue weighted by atomic mass is 9.88. The Morgan fingerprint density at radius 1 is 1.30 bits per heavy atom. The molecule has 4 rings (SSSR count). The number of carbonyl (C=O) groups is 1. The highest BCUT2D eigenvalue weighted by molar-refractivity contribution is 6.33. The first-order valence-electron chi connectivity index (χ1n) is 11.5. The standard InChI is InChI=1S/C24H32ClN5O3/c1-24(2)11-16(6-8-33-24)12-27-21-5-3-4-20(29-21)18-10-22(28-14-19(18)25)30-23(31)17-13-26-7-9-32-15-17/h3-5,10,14,16-17,26H,6-9,11-13,15H2,1-2H3,(H,27,29)(H,28,30,31). The molecule has 0 aromatic carbocycles. The van der Waals surface area contributed by atoms with Gasteiger partial charge in [-0.05, 0) is 50.8 Å². The van der Waals surface area contributed by atoms with Gasteiger partial charge >= 0.3 is 0 Å². The van der Waals surface area contributed by atoms with E-state index in [-0.39, 0.29) is 17.4 Å². The van der Waals surface area contributed by atoms with Crippen LogP contribution < -0.4 is 16.0 Å². The van der Waals surface area contributed by atoms with Crippen molar-refractivity contribution in [2.75, 3.05) is 50.1 Å². The summed E-state index contributed by atoms with van der Waals surface area (Å²) in [5, 5.41) is 10.0. The van der Waals surface area contributed by atoms with Crippen molar-refractivity contribution in [3.8, 4) is 11.3 Å². The number of amides is 1. The molecule has 2 aromatic rings. The number of hydrogen-bond acceptors (Lipinski definition) is 7. The van der Waals surface area contributed by atoms with E-state index in [0.29, 0.717) is 42.1 Å². The lowest BCUT2D eigenvalue weighted by Crippen LogP contribution is -2.36. The van der Waals surface area contributed by atoms with Crippen LogP contribution in [0.3, 0.4) is 0 Å². The molecule has 4 heterocycles. The van der Waals surface area contributed by atoms with E-state index in [0.717, 1.165) is 44.0 Å². The van der Waals surface area contributed by atoms with E-state index in [1.54, 1.807) is 12.3 Å². The molecule has 3 N–H and O–H groups in total. The highest BCUT2D eigenvalue weighted by atomic mass is 35.5. The van der Waals surface area contributed by atoms with Crippen LogP contribution in [0.15, 0.2) is 30.5 Å². The van der Waals surface area contributed by atoms with Gasteiger partial charge in [0.2, 0.25) is 5.91 Å². The summed E-state index contributed by atoms with van der Waals surface area (Å²) >= 11 is 6.44. The molecule has 2 aliphatic heterocycles. The van der Waals surface area contributed by atoms with Crippen LogP contribution in [0.4, 0.5) is 11.6 Å². The summed E-state index contributed by atoms with van der Waals surface area (Å²) in [6.07, 6.45) is 3.59. The first-order valence-corrected chi connectivity index (χ1v) is 11.9. The Balaban J connectivity index is 1.43. The average Bonchev–Trinajstić information content (AvgIpc) is 3.08. The number of pyridine rings is 2. The number of rotatable bonds is 6. The maximum Gasteiger partial charge on any atom is 0.232 e. The monoisotopic (exact) mass is 473 g/mol. The molecule has 2 aliphatic rings. The molecular formula is C24H32ClN5O3. The largest absolute Gasteiger partial charge is 0.379 e. The number of halogens is 1. The van der Waals surface area contributed by atoms with Crippen LogP contribution in [0.5, 0.6) is 0 Å². The fraction of sp³-hybridized carbons (Fsp3) is 0.542. The van der Waals surface area contributed by atoms with Crippen LogP contribution in [0, 0.1) is 11.8 Å². The van der Waals surface area contributed by atoms with Crippen LogP contribution in [0.25, 0.3) is 11.3 Å². The number of ether oxygens (including phenoxy) is 2. The number of hydrogen-bond donors (Lipinski definition) is 3. The number of carbonyl (C=O) groups excluding carboxylic acids is 1. The lowest BCUT2D eigenvalue weighted by Gasteiger charge is -2.35. The minimum absolute atomic E-state index is 0.0792. The zero-order chi connectivity index (χ0) is 23.3. The third kappa shape index (κ3) is 6.63. The molecule has 9 heteroatoms. The van der Waals surface area contributed by atoms with Crippen molar-refractivity contribution in [2.24, 2.45) is 11.8 Å². The van der Waals surface area contributed by atoms with Gasteiger partial charge in [0.25, 0.3) is 0 Å². The predicted octanol–water partition coefficient (Wildman–Crippen LogP) is 3.59. The summed E-state index contributed by atoms with van der Waals surface area (Å²) in [5.41, 5.74) is 1.35. The molecule has 0 aliphatic carbocycles. The molecule has 8 nitrogen and oxygen atoms in total. The van der Waals surface area contributed by atoms with E-state index in [1.807, 2.05) is 18.2 Å². The molecule has 2 unspecified atom stereocenters. The molecule has 0 bridgehead atoms. The molecule has 2 saturated heterocycles. The molecule has 33 heavy (non-hydrogen) atoms. The fourth-order valence-corrected chi connectivity index (χ4v) is 4.47. The van der Waals surface area contributed by atoms with Crippen molar-refractivity contribution in [3.05, 3.63) is 35.5 Å². The Kier molecular flexibility index (Phi) is 7.80. The second-order valence-corrected chi connectivity index (χ2v) is 9.68. The van der Waals surface area contributed by atoms with Gasteiger partial charge in [-0.25, -0.2) is 9.97 Å². The van der Waals surface area contributed by atoms with Crippen molar-refractivity contribution in [2.45, 2.75) is 32.3 Å². The second kappa shape index (κ2) is 10.8. The van der Waals surface area contributed by atoms with E-state index in [9.17, 15) is 4.79 Å². The van der Waals surface area contributed by atoms with Crippen molar-refractivity contribution in [1.29, 1.82) is 0 Å². The zero-order valence-corrected chi connectivity index (χ0v) is 20.0. The van der Waals surface area contributed by atoms with Gasteiger partial charge in [0.1, 0.15) is 11.6 Å². The van der Waals surface area contributed by atoms with Gasteiger partial charge < -0.3 is 25.4 Å². The van der Waals surface area contributed by atoms with Gasteiger partial charge in [0.15, 0.2) is 0 Å². The summed E-state index contributed by atoms with van der Waals surface area (Å²) < 4.78 is 11.3. The SMILES string of the molecule is CC1(C)CC(CNc2cccc(-c3cc(NC(=O)C4CNCCOC4)ncc3Cl)n2)CCO1. The van der Waals surface area contributed by atoms with Gasteiger partial charge in [-0.3, -0.25) is 4.79 Å². The van der Waals surface area contributed by atoms with Crippen LogP contribution in [-0.4, -0.2) is 60.9 Å². The Hall–Kier alpha value is -2.26. The van der Waals surface area contributed by atoms with Gasteiger partial charge in [0.05, 0.1) is 35.4 Å². The third-order valence-electron chi connectivity index (χ3n) is 6.01. The molecule has 0 saturated carbocycles. The molecule has 2 atom stereocenters. The quantitative estimate of drug-likeness (QED) is 0.589. The normalized spacial score (nSPS) is 22.9. The smallest absolute Gasteiger partial charge is 0.232 e. The van der Waals surface area contributed by atoms with E-state index < -0.39 is 0 Å². The van der Waals surface area contributed by atoms with Crippen molar-refractivity contribution >= 4 is 29.1 Å². The highest BCUT2D eigenvalue weighted by Gasteiger charge is 2.28. The molecule has 0 spiro atoms. The molecular weight excluding hydrogens is 442 g/mol. The van der Waals surface area contributed by atoms with E-state index >= 15 is 0 Å². The van der Waals surface area contributed by atoms with Gasteiger partial charge in [-0.15, -0.1) is 0 Å². The maximum absolute atomic E-state index is 12.6. The van der Waals surface area contributed by atoms with Crippen molar-refractivity contribution in [3.63, 3.8) is 0 Å². The maximum atomic E-state index is 12.6. The minimum Gasteiger partial charge on any atom is -0.379 e. The molecule has 2 aromatic heterocycles. The average molecular weight is 474 g/mol. The second-order valence-electron chi connectivity index (χ2n) is 9.27. The number of aromatic nitrogens is 2. The molecule has 1 amide bonds. The van der Waals surface area contributed by atoms with Crippen LogP contribution in [0.2, 0.25) is 5.02 Å². The third-order valence-corrected chi connectivity index (χ3v) is 6.31. The lowest BCUT2D eigenvalue weighted by molar-refractivity contribution is -0.121. The summed E-state index contributed by atoms with van der Waals surface area (Å²) in [4.78, 5) is 21.7. The first kappa shape index (κ1) is 23.9. The van der Waals surface area contributed by atoms with E-state index in [4.69, 9.17) is 26.1 Å². The fourth-order valence-electron chi connectivity index (χ4n) is 4.27. The summed E-state index contributed by atoms with van der Waals surface area (Å²) in [7, 11) is 0.